The van der Waals surface area contributed by atoms with Crippen LogP contribution < -0.4 is 19.7 Å². The van der Waals surface area contributed by atoms with E-state index in [9.17, 15) is 9.59 Å². The highest BCUT2D eigenvalue weighted by molar-refractivity contribution is 6.08. The molecule has 0 bridgehead atoms. The number of hydrogen-bond acceptors (Lipinski definition) is 4. The van der Waals surface area contributed by atoms with Crippen LogP contribution in [0.3, 0.4) is 0 Å². The number of methoxy groups -OCH3 is 2. The third-order valence-corrected chi connectivity index (χ3v) is 4.49. The van der Waals surface area contributed by atoms with Gasteiger partial charge in [-0.2, -0.15) is 0 Å². The zero-order chi connectivity index (χ0) is 18.7. The van der Waals surface area contributed by atoms with E-state index in [0.29, 0.717) is 35.7 Å². The fourth-order valence-electron chi connectivity index (χ4n) is 3.15. The zero-order valence-corrected chi connectivity index (χ0v) is 15.2. The molecule has 0 radical (unpaired) electrons. The highest BCUT2D eigenvalue weighted by Crippen LogP contribution is 2.31. The number of benzene rings is 2. The number of rotatable bonds is 5. The van der Waals surface area contributed by atoms with Crippen LogP contribution in [-0.4, -0.2) is 32.6 Å². The molecule has 2 aromatic rings. The van der Waals surface area contributed by atoms with E-state index in [1.807, 2.05) is 25.1 Å². The van der Waals surface area contributed by atoms with Crippen LogP contribution in [0.5, 0.6) is 11.5 Å². The minimum atomic E-state index is -0.332. The quantitative estimate of drug-likeness (QED) is 0.894. The molecule has 0 atom stereocenters. The molecule has 2 aromatic carbocycles. The van der Waals surface area contributed by atoms with Gasteiger partial charge in [-0.15, -0.1) is 0 Å². The molecule has 26 heavy (non-hydrogen) atoms. The van der Waals surface area contributed by atoms with Gasteiger partial charge in [-0.3, -0.25) is 9.59 Å². The Morgan fingerprint density at radius 3 is 2.38 bits per heavy atom. The summed E-state index contributed by atoms with van der Waals surface area (Å²) in [6.45, 7) is 2.66. The first-order valence-electron chi connectivity index (χ1n) is 8.48. The summed E-state index contributed by atoms with van der Waals surface area (Å²) >= 11 is 0. The largest absolute Gasteiger partial charge is 0.496 e. The lowest BCUT2D eigenvalue weighted by molar-refractivity contribution is -0.117. The van der Waals surface area contributed by atoms with Crippen molar-refractivity contribution >= 4 is 23.2 Å². The Morgan fingerprint density at radius 2 is 1.81 bits per heavy atom. The molecule has 6 nitrogen and oxygen atoms in total. The number of amides is 2. The van der Waals surface area contributed by atoms with Crippen LogP contribution in [0.2, 0.25) is 0 Å². The third kappa shape index (κ3) is 3.35. The Labute approximate surface area is 152 Å². The second-order valence-electron chi connectivity index (χ2n) is 6.14. The topological polar surface area (TPSA) is 67.9 Å². The Kier molecular flexibility index (Phi) is 5.11. The molecule has 0 spiro atoms. The van der Waals surface area contributed by atoms with Gasteiger partial charge in [0.05, 0.1) is 14.2 Å². The lowest BCUT2D eigenvalue weighted by Gasteiger charge is -2.20. The molecule has 1 aliphatic heterocycles. The molecular weight excluding hydrogens is 332 g/mol. The fourth-order valence-corrected chi connectivity index (χ4v) is 3.15. The standard InChI is InChI=1S/C20H22N2O4/c1-13-9-10-14(12-15(13)22-11-5-8-18(22)23)21-20(24)19-16(25-2)6-4-7-17(19)26-3/h4,6-7,9-10,12H,5,8,11H2,1-3H3,(H,21,24). The van der Waals surface area contributed by atoms with Crippen molar-refractivity contribution in [3.8, 4) is 11.5 Å². The number of hydrogen-bond donors (Lipinski definition) is 1. The SMILES string of the molecule is COc1cccc(OC)c1C(=O)Nc1ccc(C)c(N2CCCC2=O)c1. The summed E-state index contributed by atoms with van der Waals surface area (Å²) in [6.07, 6.45) is 1.42. The van der Waals surface area contributed by atoms with Crippen molar-refractivity contribution in [2.24, 2.45) is 0 Å². The molecular formula is C20H22N2O4. The molecule has 3 rings (SSSR count). The number of ether oxygens (including phenoxy) is 2. The average molecular weight is 354 g/mol. The second-order valence-corrected chi connectivity index (χ2v) is 6.14. The van der Waals surface area contributed by atoms with E-state index in [-0.39, 0.29) is 11.8 Å². The van der Waals surface area contributed by atoms with E-state index in [1.165, 1.54) is 14.2 Å². The predicted molar refractivity (Wildman–Crippen MR) is 100 cm³/mol. The van der Waals surface area contributed by atoms with Crippen molar-refractivity contribution in [2.45, 2.75) is 19.8 Å². The lowest BCUT2D eigenvalue weighted by Crippen LogP contribution is -2.24. The minimum absolute atomic E-state index is 0.114. The molecule has 0 unspecified atom stereocenters. The monoisotopic (exact) mass is 354 g/mol. The third-order valence-electron chi connectivity index (χ3n) is 4.49. The molecule has 1 fully saturated rings. The van der Waals surface area contributed by atoms with E-state index in [4.69, 9.17) is 9.47 Å². The molecule has 0 saturated carbocycles. The van der Waals surface area contributed by atoms with E-state index < -0.39 is 0 Å². The Balaban J connectivity index is 1.90. The number of aryl methyl sites for hydroxylation is 1. The molecule has 0 aromatic heterocycles. The molecule has 2 amide bonds. The van der Waals surface area contributed by atoms with Gasteiger partial charge in [0.2, 0.25) is 5.91 Å². The van der Waals surface area contributed by atoms with Crippen LogP contribution in [-0.2, 0) is 4.79 Å². The summed E-state index contributed by atoms with van der Waals surface area (Å²) in [7, 11) is 3.02. The molecule has 1 N–H and O–H groups in total. The van der Waals surface area contributed by atoms with Crippen molar-refractivity contribution in [2.75, 3.05) is 31.0 Å². The number of anilines is 2. The maximum atomic E-state index is 12.8. The molecule has 0 aliphatic carbocycles. The van der Waals surface area contributed by atoms with Gasteiger partial charge >= 0.3 is 0 Å². The summed E-state index contributed by atoms with van der Waals surface area (Å²) in [6, 6.07) is 10.7. The summed E-state index contributed by atoms with van der Waals surface area (Å²) in [5.74, 6) is 0.651. The van der Waals surface area contributed by atoms with Crippen LogP contribution in [0.25, 0.3) is 0 Å². The first kappa shape index (κ1) is 17.8. The molecule has 6 heteroatoms. The molecule has 1 saturated heterocycles. The minimum Gasteiger partial charge on any atom is -0.496 e. The van der Waals surface area contributed by atoms with Gasteiger partial charge in [0.15, 0.2) is 0 Å². The maximum Gasteiger partial charge on any atom is 0.263 e. The van der Waals surface area contributed by atoms with Gasteiger partial charge in [-0.25, -0.2) is 0 Å². The number of carbonyl (C=O) groups excluding carboxylic acids is 2. The molecule has 1 heterocycles. The summed E-state index contributed by atoms with van der Waals surface area (Å²) in [5.41, 5.74) is 2.77. The summed E-state index contributed by atoms with van der Waals surface area (Å²) in [5, 5.41) is 2.88. The summed E-state index contributed by atoms with van der Waals surface area (Å²) in [4.78, 5) is 26.6. The lowest BCUT2D eigenvalue weighted by atomic mass is 10.1. The Morgan fingerprint density at radius 1 is 1.12 bits per heavy atom. The van der Waals surface area contributed by atoms with E-state index >= 15 is 0 Å². The van der Waals surface area contributed by atoms with Crippen molar-refractivity contribution < 1.29 is 19.1 Å². The highest BCUT2D eigenvalue weighted by atomic mass is 16.5. The van der Waals surface area contributed by atoms with E-state index in [0.717, 1.165) is 17.7 Å². The van der Waals surface area contributed by atoms with Gasteiger partial charge in [0.25, 0.3) is 5.91 Å². The van der Waals surface area contributed by atoms with E-state index in [2.05, 4.69) is 5.32 Å². The fraction of sp³-hybridized carbons (Fsp3) is 0.300. The van der Waals surface area contributed by atoms with Crippen LogP contribution in [0.15, 0.2) is 36.4 Å². The van der Waals surface area contributed by atoms with Crippen LogP contribution in [0, 0.1) is 6.92 Å². The van der Waals surface area contributed by atoms with Gasteiger partial charge in [-0.05, 0) is 43.2 Å². The first-order chi connectivity index (χ1) is 12.5. The maximum absolute atomic E-state index is 12.8. The predicted octanol–water partition coefficient (Wildman–Crippen LogP) is 3.39. The first-order valence-corrected chi connectivity index (χ1v) is 8.48. The van der Waals surface area contributed by atoms with Crippen LogP contribution >= 0.6 is 0 Å². The van der Waals surface area contributed by atoms with E-state index in [1.54, 1.807) is 23.1 Å². The molecule has 1 aliphatic rings. The Hall–Kier alpha value is -3.02. The zero-order valence-electron chi connectivity index (χ0n) is 15.2. The molecule has 136 valence electrons. The van der Waals surface area contributed by atoms with Gasteiger partial charge < -0.3 is 19.7 Å². The van der Waals surface area contributed by atoms with Crippen molar-refractivity contribution in [1.82, 2.24) is 0 Å². The highest BCUT2D eigenvalue weighted by Gasteiger charge is 2.24. The van der Waals surface area contributed by atoms with Crippen molar-refractivity contribution in [3.63, 3.8) is 0 Å². The van der Waals surface area contributed by atoms with Crippen LogP contribution in [0.4, 0.5) is 11.4 Å². The second kappa shape index (κ2) is 7.47. The number of nitrogens with one attached hydrogen (secondary N) is 1. The van der Waals surface area contributed by atoms with Crippen molar-refractivity contribution in [3.05, 3.63) is 47.5 Å². The number of carbonyl (C=O) groups is 2. The average Bonchev–Trinajstić information content (AvgIpc) is 3.08. The number of nitrogens with zero attached hydrogens (tertiary/aromatic N) is 1. The van der Waals surface area contributed by atoms with Gasteiger partial charge in [0, 0.05) is 24.3 Å². The van der Waals surface area contributed by atoms with Crippen LogP contribution in [0.1, 0.15) is 28.8 Å². The summed E-state index contributed by atoms with van der Waals surface area (Å²) < 4.78 is 10.6. The Bertz CT molecular complexity index is 825. The van der Waals surface area contributed by atoms with Gasteiger partial charge in [0.1, 0.15) is 17.1 Å². The normalized spacial score (nSPS) is 13.7. The smallest absolute Gasteiger partial charge is 0.263 e. The van der Waals surface area contributed by atoms with Crippen molar-refractivity contribution in [1.29, 1.82) is 0 Å². The van der Waals surface area contributed by atoms with Gasteiger partial charge in [-0.1, -0.05) is 12.1 Å².